The van der Waals surface area contributed by atoms with Crippen molar-refractivity contribution in [2.75, 3.05) is 11.5 Å². The van der Waals surface area contributed by atoms with E-state index in [-0.39, 0.29) is 27.8 Å². The van der Waals surface area contributed by atoms with Gasteiger partial charge in [0.2, 0.25) is 0 Å². The van der Waals surface area contributed by atoms with Gasteiger partial charge in [-0.25, -0.2) is 8.42 Å². The molecule has 1 aliphatic heterocycles. The average molecular weight is 511 g/mol. The van der Waals surface area contributed by atoms with E-state index in [1.807, 2.05) is 30.3 Å². The van der Waals surface area contributed by atoms with Gasteiger partial charge >= 0.3 is 0 Å². The molecule has 2 N–H and O–H groups in total. The maximum atomic E-state index is 13.1. The molecule has 2 amide bonds. The number of ether oxygens (including phenoxy) is 1. The summed E-state index contributed by atoms with van der Waals surface area (Å²) in [5.41, 5.74) is 0.760. The average Bonchev–Trinajstić information content (AvgIpc) is 3.17. The Kier molecular flexibility index (Phi) is 7.53. The summed E-state index contributed by atoms with van der Waals surface area (Å²) in [6, 6.07) is 22.2. The zero-order valence-corrected chi connectivity index (χ0v) is 20.2. The van der Waals surface area contributed by atoms with E-state index in [0.29, 0.717) is 23.5 Å². The molecule has 4 rings (SSSR count). The highest BCUT2D eigenvalue weighted by molar-refractivity contribution is 7.91. The quantitative estimate of drug-likeness (QED) is 0.464. The van der Waals surface area contributed by atoms with Gasteiger partial charge in [-0.05, 0) is 54.5 Å². The topological polar surface area (TPSA) is 102 Å². The molecule has 0 aromatic heterocycles. The van der Waals surface area contributed by atoms with Crippen molar-refractivity contribution < 1.29 is 22.7 Å². The Balaban J connectivity index is 1.60. The third kappa shape index (κ3) is 6.71. The molecule has 0 aliphatic carbocycles. The zero-order valence-electron chi connectivity index (χ0n) is 18.6. The van der Waals surface area contributed by atoms with Gasteiger partial charge < -0.3 is 15.4 Å². The van der Waals surface area contributed by atoms with Crippen LogP contribution in [0.3, 0.4) is 0 Å². The van der Waals surface area contributed by atoms with Crippen LogP contribution in [0.25, 0.3) is 6.08 Å². The summed E-state index contributed by atoms with van der Waals surface area (Å²) in [6.45, 7) is 0. The number of carbonyl (C=O) groups excluding carboxylic acids is 2. The van der Waals surface area contributed by atoms with Crippen LogP contribution in [0.15, 0.2) is 84.6 Å². The maximum absolute atomic E-state index is 13.1. The van der Waals surface area contributed by atoms with Gasteiger partial charge in [0.1, 0.15) is 17.2 Å². The third-order valence-corrected chi connectivity index (χ3v) is 7.42. The Labute approximate surface area is 208 Å². The lowest BCUT2D eigenvalue weighted by Gasteiger charge is -2.15. The van der Waals surface area contributed by atoms with Gasteiger partial charge in [-0.3, -0.25) is 9.59 Å². The molecule has 0 unspecified atom stereocenters. The molecule has 35 heavy (non-hydrogen) atoms. The van der Waals surface area contributed by atoms with Gasteiger partial charge in [0, 0.05) is 6.04 Å². The molecule has 7 nitrogen and oxygen atoms in total. The Morgan fingerprint density at radius 2 is 1.66 bits per heavy atom. The fourth-order valence-electron chi connectivity index (χ4n) is 3.62. The van der Waals surface area contributed by atoms with Crippen molar-refractivity contribution in [2.45, 2.75) is 12.5 Å². The molecule has 0 spiro atoms. The summed E-state index contributed by atoms with van der Waals surface area (Å²) in [5, 5.41) is 5.58. The Morgan fingerprint density at radius 3 is 2.37 bits per heavy atom. The number of hydrogen-bond acceptors (Lipinski definition) is 5. The lowest BCUT2D eigenvalue weighted by atomic mass is 10.1. The number of rotatable bonds is 7. The van der Waals surface area contributed by atoms with Crippen molar-refractivity contribution >= 4 is 39.3 Å². The van der Waals surface area contributed by atoms with Gasteiger partial charge in [0.15, 0.2) is 9.84 Å². The number of carbonyl (C=O) groups is 2. The Bertz CT molecular complexity index is 1370. The van der Waals surface area contributed by atoms with E-state index in [4.69, 9.17) is 16.3 Å². The van der Waals surface area contributed by atoms with E-state index in [0.717, 1.165) is 0 Å². The van der Waals surface area contributed by atoms with E-state index < -0.39 is 27.7 Å². The third-order valence-electron chi connectivity index (χ3n) is 5.33. The minimum Gasteiger partial charge on any atom is -0.457 e. The molecule has 0 radical (unpaired) electrons. The Morgan fingerprint density at radius 1 is 0.943 bits per heavy atom. The second-order valence-electron chi connectivity index (χ2n) is 8.05. The van der Waals surface area contributed by atoms with Crippen molar-refractivity contribution in [1.82, 2.24) is 10.6 Å². The number of halogens is 1. The fraction of sp³-hybridized carbons (Fsp3) is 0.154. The monoisotopic (exact) mass is 510 g/mol. The molecule has 1 atom stereocenters. The standard InChI is InChI=1S/C26H23ClN2O5S/c27-23-12-5-4-11-22(23)25(30)29-24(26(31)28-19-13-14-35(32,33)17-19)16-18-7-6-10-21(15-18)34-20-8-2-1-3-9-20/h1-12,15-16,19H,13-14,17H2,(H,28,31)(H,29,30)/b24-16+/t19-/m1/s1. The highest BCUT2D eigenvalue weighted by Crippen LogP contribution is 2.23. The second-order valence-corrected chi connectivity index (χ2v) is 10.7. The minimum atomic E-state index is -3.19. The van der Waals surface area contributed by atoms with Crippen molar-refractivity contribution in [2.24, 2.45) is 0 Å². The summed E-state index contributed by atoms with van der Waals surface area (Å²) in [6.07, 6.45) is 1.82. The first kappa shape index (κ1) is 24.5. The molecule has 1 saturated heterocycles. The highest BCUT2D eigenvalue weighted by atomic mass is 35.5. The molecule has 1 fully saturated rings. The summed E-state index contributed by atoms with van der Waals surface area (Å²) in [7, 11) is -3.19. The van der Waals surface area contributed by atoms with Crippen LogP contribution in [0.1, 0.15) is 22.3 Å². The van der Waals surface area contributed by atoms with E-state index >= 15 is 0 Å². The predicted octanol–water partition coefficient (Wildman–Crippen LogP) is 4.21. The van der Waals surface area contributed by atoms with E-state index in [2.05, 4.69) is 10.6 Å². The molecular weight excluding hydrogens is 488 g/mol. The van der Waals surface area contributed by atoms with E-state index in [9.17, 15) is 18.0 Å². The summed E-state index contributed by atoms with van der Waals surface area (Å²) in [4.78, 5) is 26.0. The van der Waals surface area contributed by atoms with Crippen molar-refractivity contribution in [3.8, 4) is 11.5 Å². The first-order chi connectivity index (χ1) is 16.8. The summed E-state index contributed by atoms with van der Waals surface area (Å²) < 4.78 is 29.5. The van der Waals surface area contributed by atoms with Gasteiger partial charge in [-0.1, -0.05) is 54.1 Å². The number of hydrogen-bond donors (Lipinski definition) is 2. The molecule has 180 valence electrons. The smallest absolute Gasteiger partial charge is 0.268 e. The lowest BCUT2D eigenvalue weighted by molar-refractivity contribution is -0.118. The van der Waals surface area contributed by atoms with Crippen molar-refractivity contribution in [3.63, 3.8) is 0 Å². The van der Waals surface area contributed by atoms with Crippen molar-refractivity contribution in [3.05, 3.63) is 101 Å². The molecular formula is C26H23ClN2O5S. The first-order valence-electron chi connectivity index (χ1n) is 10.9. The SMILES string of the molecule is O=C(N[C@@H]1CCS(=O)(=O)C1)/C(=C\c1cccc(Oc2ccccc2)c1)NC(=O)c1ccccc1Cl. The van der Waals surface area contributed by atoms with Gasteiger partial charge in [0.05, 0.1) is 22.1 Å². The molecule has 3 aromatic rings. The van der Waals surface area contributed by atoms with Crippen LogP contribution in [0, 0.1) is 0 Å². The number of para-hydroxylation sites is 1. The van der Waals surface area contributed by atoms with E-state index in [1.54, 1.807) is 48.5 Å². The minimum absolute atomic E-state index is 0.0157. The van der Waals surface area contributed by atoms with Crippen molar-refractivity contribution in [1.29, 1.82) is 0 Å². The van der Waals surface area contributed by atoms with Gasteiger partial charge in [-0.15, -0.1) is 0 Å². The van der Waals surface area contributed by atoms with Gasteiger partial charge in [-0.2, -0.15) is 0 Å². The first-order valence-corrected chi connectivity index (χ1v) is 13.1. The zero-order chi connectivity index (χ0) is 24.8. The maximum Gasteiger partial charge on any atom is 0.268 e. The number of nitrogens with one attached hydrogen (secondary N) is 2. The molecule has 1 heterocycles. The molecule has 1 aliphatic rings. The molecule has 3 aromatic carbocycles. The lowest BCUT2D eigenvalue weighted by Crippen LogP contribution is -2.41. The van der Waals surface area contributed by atoms with Crippen LogP contribution < -0.4 is 15.4 Å². The van der Waals surface area contributed by atoms with Crippen LogP contribution in [0.2, 0.25) is 5.02 Å². The van der Waals surface area contributed by atoms with E-state index in [1.165, 1.54) is 6.08 Å². The molecule has 0 saturated carbocycles. The largest absolute Gasteiger partial charge is 0.457 e. The Hall–Kier alpha value is -3.62. The summed E-state index contributed by atoms with van der Waals surface area (Å²) >= 11 is 6.14. The number of benzene rings is 3. The normalized spacial score (nSPS) is 16.9. The predicted molar refractivity (Wildman–Crippen MR) is 135 cm³/mol. The fourth-order valence-corrected chi connectivity index (χ4v) is 5.52. The number of amides is 2. The molecule has 0 bridgehead atoms. The van der Waals surface area contributed by atoms with Crippen LogP contribution in [-0.4, -0.2) is 37.8 Å². The van der Waals surface area contributed by atoms with Gasteiger partial charge in [0.25, 0.3) is 11.8 Å². The van der Waals surface area contributed by atoms with Crippen LogP contribution in [0.4, 0.5) is 0 Å². The highest BCUT2D eigenvalue weighted by Gasteiger charge is 2.30. The second kappa shape index (κ2) is 10.8. The van der Waals surface area contributed by atoms with Crippen LogP contribution in [0.5, 0.6) is 11.5 Å². The van der Waals surface area contributed by atoms with Crippen LogP contribution >= 0.6 is 11.6 Å². The summed E-state index contributed by atoms with van der Waals surface area (Å²) in [5.74, 6) is -0.0769. The number of sulfone groups is 1. The molecule has 9 heteroatoms. The van der Waals surface area contributed by atoms with Crippen LogP contribution in [-0.2, 0) is 14.6 Å².